The molecule has 0 spiro atoms. The normalized spacial score (nSPS) is 11.5. The van der Waals surface area contributed by atoms with Crippen molar-refractivity contribution in [2.24, 2.45) is 0 Å². The van der Waals surface area contributed by atoms with Crippen LogP contribution in [0.25, 0.3) is 66.1 Å². The molecule has 0 aliphatic rings. The number of rotatable bonds is 6. The van der Waals surface area contributed by atoms with Crippen molar-refractivity contribution in [1.29, 1.82) is 0 Å². The fourth-order valence-corrected chi connectivity index (χ4v) is 8.38. The summed E-state index contributed by atoms with van der Waals surface area (Å²) < 4.78 is 6.46. The van der Waals surface area contributed by atoms with Crippen molar-refractivity contribution in [3.63, 3.8) is 0 Å². The van der Waals surface area contributed by atoms with E-state index in [0.717, 1.165) is 49.5 Å². The van der Waals surface area contributed by atoms with Gasteiger partial charge in [-0.25, -0.2) is 0 Å². The van der Waals surface area contributed by atoms with E-state index < -0.39 is 0 Å². The molecule has 9 aromatic rings. The van der Waals surface area contributed by atoms with Crippen LogP contribution in [0, 0.1) is 0 Å². The molecule has 0 N–H and O–H groups in total. The third-order valence-electron chi connectivity index (χ3n) is 11.5. The second-order valence-electron chi connectivity index (χ2n) is 14.9. The van der Waals surface area contributed by atoms with Crippen molar-refractivity contribution in [2.45, 2.75) is 0 Å². The lowest BCUT2D eigenvalue weighted by Gasteiger charge is -2.34. The monoisotopic (exact) mass is 743 g/mol. The highest BCUT2D eigenvalue weighted by Gasteiger charge is 2.26. The van der Waals surface area contributed by atoms with Crippen LogP contribution in [0.3, 0.4) is 0 Å². The van der Waals surface area contributed by atoms with Gasteiger partial charge in [-0.05, 0) is 75.2 Å². The highest BCUT2D eigenvalue weighted by atomic mass is 16.3. The van der Waals surface area contributed by atoms with Gasteiger partial charge in [-0.15, -0.1) is 16.4 Å². The van der Waals surface area contributed by atoms with Crippen LogP contribution in [-0.4, -0.2) is 102 Å². The summed E-state index contributed by atoms with van der Waals surface area (Å²) in [6.07, 6.45) is 0. The topological polar surface area (TPSA) is 16.4 Å². The molecule has 0 aliphatic heterocycles. The Bertz CT molecular complexity index is 3210. The third-order valence-corrected chi connectivity index (χ3v) is 11.5. The Morgan fingerprint density at radius 3 is 1.36 bits per heavy atom. The summed E-state index contributed by atoms with van der Waals surface area (Å²) in [5.41, 5.74) is 5.80. The maximum Gasteiger partial charge on any atom is 0.143 e. The minimum atomic E-state index is -0.0536. The number of anilines is 3. The minimum Gasteiger partial charge on any atom is -0.455 e. The van der Waals surface area contributed by atoms with Crippen LogP contribution in [0.2, 0.25) is 0 Å². The fourth-order valence-electron chi connectivity index (χ4n) is 8.38. The average Bonchev–Trinajstić information content (AvgIpc) is 3.67. The lowest BCUT2D eigenvalue weighted by molar-refractivity contribution is 0.673. The van der Waals surface area contributed by atoms with E-state index in [1.165, 1.54) is 0 Å². The van der Waals surface area contributed by atoms with E-state index in [2.05, 4.69) is 30.3 Å². The molecule has 8 aromatic carbocycles. The molecule has 0 fully saturated rings. The van der Waals surface area contributed by atoms with Gasteiger partial charge in [0.1, 0.15) is 113 Å². The second-order valence-corrected chi connectivity index (χ2v) is 14.9. The zero-order chi connectivity index (χ0) is 43.2. The predicted molar refractivity (Wildman–Crippen MR) is 272 cm³/mol. The molecular weight excluding hydrogens is 723 g/mol. The van der Waals surface area contributed by atoms with Crippen LogP contribution in [0.15, 0.2) is 114 Å². The van der Waals surface area contributed by atoms with Gasteiger partial charge in [0.25, 0.3) is 0 Å². The maximum absolute atomic E-state index is 6.98. The van der Waals surface area contributed by atoms with Crippen LogP contribution in [0.5, 0.6) is 0 Å². The standard InChI is InChI=1S/C46H18B13NO/c47-32-28(30-36(51)40(55)42(57)41(56)37(30)52)33(48)35(50)29(34(32)49)31-38(53)43(58)45(44(59)39(31)54)60(21-8-2-1-3-9-21)22-16-13-20(14-17-22)23-11-6-12-26-27(23)25-18-15-19-7-4-5-10-24(19)46(25)61-26/h1-18H. The number of para-hydroxylation sites is 1. The van der Waals surface area contributed by atoms with Gasteiger partial charge in [-0.2, -0.15) is 0 Å². The summed E-state index contributed by atoms with van der Waals surface area (Å²) in [5, 5.41) is 4.20. The lowest BCUT2D eigenvalue weighted by Crippen LogP contribution is -2.57. The summed E-state index contributed by atoms with van der Waals surface area (Å²) in [6, 6.07) is 36.0. The Kier molecular flexibility index (Phi) is 10.3. The zero-order valence-corrected chi connectivity index (χ0v) is 32.8. The first-order valence-electron chi connectivity index (χ1n) is 19.0. The van der Waals surface area contributed by atoms with E-state index in [9.17, 15) is 0 Å². The Hall–Kier alpha value is -5.54. The summed E-state index contributed by atoms with van der Waals surface area (Å²) in [4.78, 5) is 1.88. The summed E-state index contributed by atoms with van der Waals surface area (Å²) in [5.74, 6) is 0. The molecule has 0 amide bonds. The maximum atomic E-state index is 6.98. The van der Waals surface area contributed by atoms with Crippen LogP contribution in [0.1, 0.15) is 0 Å². The van der Waals surface area contributed by atoms with E-state index in [1.54, 1.807) is 0 Å². The first kappa shape index (κ1) is 40.8. The number of fused-ring (bicyclic) bond motifs is 5. The second kappa shape index (κ2) is 15.4. The van der Waals surface area contributed by atoms with Gasteiger partial charge in [0, 0.05) is 33.2 Å². The molecular formula is C46H18B13NO. The Morgan fingerprint density at radius 2 is 0.803 bits per heavy atom. The van der Waals surface area contributed by atoms with Gasteiger partial charge < -0.3 is 9.32 Å². The molecule has 1 heterocycles. The highest BCUT2D eigenvalue weighted by Crippen LogP contribution is 2.40. The molecule has 15 heteroatoms. The van der Waals surface area contributed by atoms with Crippen molar-refractivity contribution in [2.75, 3.05) is 4.90 Å². The molecule has 252 valence electrons. The summed E-state index contributed by atoms with van der Waals surface area (Å²) in [6.45, 7) is 0. The molecule has 0 saturated heterocycles. The third kappa shape index (κ3) is 6.28. The molecule has 0 atom stereocenters. The molecule has 9 rings (SSSR count). The quantitative estimate of drug-likeness (QED) is 0.176. The fraction of sp³-hybridized carbons (Fsp3) is 0. The van der Waals surface area contributed by atoms with Crippen LogP contribution >= 0.6 is 0 Å². The Balaban J connectivity index is 1.19. The van der Waals surface area contributed by atoms with Crippen molar-refractivity contribution in [3.05, 3.63) is 109 Å². The first-order valence-corrected chi connectivity index (χ1v) is 19.0. The average molecular weight is 741 g/mol. The van der Waals surface area contributed by atoms with Crippen molar-refractivity contribution in [1.82, 2.24) is 0 Å². The van der Waals surface area contributed by atoms with E-state index in [1.807, 2.05) is 83.8 Å². The first-order chi connectivity index (χ1) is 29.2. The van der Waals surface area contributed by atoms with Crippen molar-refractivity contribution >= 4 is 223 Å². The Morgan fingerprint density at radius 1 is 0.344 bits per heavy atom. The van der Waals surface area contributed by atoms with Crippen molar-refractivity contribution < 1.29 is 4.42 Å². The van der Waals surface area contributed by atoms with E-state index in [4.69, 9.17) is 106 Å². The largest absolute Gasteiger partial charge is 0.455 e. The van der Waals surface area contributed by atoms with Gasteiger partial charge in [0.2, 0.25) is 0 Å². The van der Waals surface area contributed by atoms with Crippen molar-refractivity contribution in [3.8, 4) is 33.4 Å². The molecule has 26 radical (unpaired) electrons. The molecule has 0 unspecified atom stereocenters. The van der Waals surface area contributed by atoms with Gasteiger partial charge >= 0.3 is 0 Å². The summed E-state index contributed by atoms with van der Waals surface area (Å²) in [7, 11) is 85.8. The van der Waals surface area contributed by atoms with Crippen LogP contribution in [-0.2, 0) is 0 Å². The zero-order valence-electron chi connectivity index (χ0n) is 32.8. The molecule has 0 bridgehead atoms. The molecule has 2 nitrogen and oxygen atoms in total. The summed E-state index contributed by atoms with van der Waals surface area (Å²) >= 11 is 0. The number of benzene rings is 8. The van der Waals surface area contributed by atoms with Gasteiger partial charge in [0.05, 0.1) is 0 Å². The number of nitrogens with zero attached hydrogens (tertiary/aromatic N) is 1. The molecule has 61 heavy (non-hydrogen) atoms. The number of hydrogen-bond donors (Lipinski definition) is 0. The van der Waals surface area contributed by atoms with Crippen LogP contribution < -0.4 is 75.9 Å². The number of hydrogen-bond acceptors (Lipinski definition) is 2. The van der Waals surface area contributed by atoms with Crippen LogP contribution in [0.4, 0.5) is 17.1 Å². The molecule has 0 aliphatic carbocycles. The predicted octanol–water partition coefficient (Wildman–Crippen LogP) is -2.47. The van der Waals surface area contributed by atoms with E-state index >= 15 is 0 Å². The highest BCUT2D eigenvalue weighted by molar-refractivity contribution is 6.72. The molecule has 0 saturated carbocycles. The van der Waals surface area contributed by atoms with E-state index in [0.29, 0.717) is 11.4 Å². The number of furan rings is 1. The van der Waals surface area contributed by atoms with E-state index in [-0.39, 0.29) is 93.3 Å². The lowest BCUT2D eigenvalue weighted by atomic mass is 9.55. The van der Waals surface area contributed by atoms with Gasteiger partial charge in [0.15, 0.2) is 0 Å². The smallest absolute Gasteiger partial charge is 0.143 e. The Labute approximate surface area is 372 Å². The SMILES string of the molecule is [B]c1c([B])c([B])c(-c2c([B])c([B])c(-c3c([B])c([B])c(N(c4ccccc4)c4ccc(-c5cccc6oc7c8ccccc8ccc7c56)cc4)c([B])c3[B])c([B])c2[B])c([B])c1[B]. The van der Waals surface area contributed by atoms with Gasteiger partial charge in [-0.1, -0.05) is 127 Å². The molecule has 1 aromatic heterocycles. The minimum absolute atomic E-state index is 0.00932. The van der Waals surface area contributed by atoms with Gasteiger partial charge in [-0.3, -0.25) is 0 Å².